The summed E-state index contributed by atoms with van der Waals surface area (Å²) in [5.74, 6) is -0.357. The third kappa shape index (κ3) is 2.32. The Morgan fingerprint density at radius 3 is 3.00 bits per heavy atom. The van der Waals surface area contributed by atoms with Gasteiger partial charge in [0, 0.05) is 28.0 Å². The molecule has 0 N–H and O–H groups in total. The number of carbonyl (C=O) groups is 1. The molecule has 90 valence electrons. The van der Waals surface area contributed by atoms with E-state index in [1.807, 2.05) is 0 Å². The van der Waals surface area contributed by atoms with E-state index in [9.17, 15) is 4.79 Å². The number of thiophene rings is 1. The van der Waals surface area contributed by atoms with Gasteiger partial charge in [-0.05, 0) is 6.92 Å². The molecule has 2 heterocycles. The maximum absolute atomic E-state index is 11.8. The van der Waals surface area contributed by atoms with Crippen molar-refractivity contribution in [1.29, 1.82) is 0 Å². The van der Waals surface area contributed by atoms with Gasteiger partial charge < -0.3 is 4.74 Å². The average Bonchev–Trinajstić information content (AvgIpc) is 2.66. The summed E-state index contributed by atoms with van der Waals surface area (Å²) in [5.41, 5.74) is 0.475. The minimum Gasteiger partial charge on any atom is -0.462 e. The number of ether oxygens (including phenoxy) is 1. The van der Waals surface area contributed by atoms with Gasteiger partial charge in [-0.15, -0.1) is 11.3 Å². The fraction of sp³-hybridized carbons (Fsp3) is 0.273. The number of nitrogens with zero attached hydrogens (tertiary/aromatic N) is 1. The number of carbonyl (C=O) groups excluding carboxylic acids is 1. The highest BCUT2D eigenvalue weighted by atomic mass is 79.9. The third-order valence-electron chi connectivity index (χ3n) is 2.22. The second kappa shape index (κ2) is 5.33. The van der Waals surface area contributed by atoms with E-state index in [0.29, 0.717) is 22.5 Å². The van der Waals surface area contributed by atoms with E-state index in [-0.39, 0.29) is 5.97 Å². The summed E-state index contributed by atoms with van der Waals surface area (Å²) >= 11 is 11.1. The smallest absolute Gasteiger partial charge is 0.341 e. The van der Waals surface area contributed by atoms with Crippen molar-refractivity contribution >= 4 is 54.9 Å². The molecule has 3 nitrogen and oxygen atoms in total. The number of pyridine rings is 1. The molecule has 0 aliphatic heterocycles. The van der Waals surface area contributed by atoms with Crippen molar-refractivity contribution in [2.75, 3.05) is 6.61 Å². The Labute approximate surface area is 116 Å². The molecule has 0 saturated heterocycles. The fourth-order valence-corrected chi connectivity index (χ4v) is 3.65. The molecule has 17 heavy (non-hydrogen) atoms. The first kappa shape index (κ1) is 12.8. The summed E-state index contributed by atoms with van der Waals surface area (Å²) in [5, 5.41) is 2.12. The van der Waals surface area contributed by atoms with Crippen LogP contribution in [0, 0.1) is 0 Å². The van der Waals surface area contributed by atoms with Crippen molar-refractivity contribution in [2.45, 2.75) is 12.3 Å². The van der Waals surface area contributed by atoms with Crippen molar-refractivity contribution in [3.05, 3.63) is 27.9 Å². The van der Waals surface area contributed by atoms with Crippen LogP contribution in [-0.4, -0.2) is 17.6 Å². The number of hydrogen-bond acceptors (Lipinski definition) is 4. The lowest BCUT2D eigenvalue weighted by atomic mass is 10.2. The first-order chi connectivity index (χ1) is 8.19. The van der Waals surface area contributed by atoms with Crippen LogP contribution in [0.5, 0.6) is 0 Å². The minimum atomic E-state index is -0.357. The highest BCUT2D eigenvalue weighted by Gasteiger charge is 2.17. The van der Waals surface area contributed by atoms with E-state index >= 15 is 0 Å². The molecule has 0 atom stereocenters. The monoisotopic (exact) mass is 333 g/mol. The largest absolute Gasteiger partial charge is 0.462 e. The molecule has 0 aromatic carbocycles. The lowest BCUT2D eigenvalue weighted by Gasteiger charge is -2.01. The predicted molar refractivity (Wildman–Crippen MR) is 73.2 cm³/mol. The number of alkyl halides is 1. The maximum atomic E-state index is 11.8. The summed E-state index contributed by atoms with van der Waals surface area (Å²) in [6.07, 6.45) is 3.19. The van der Waals surface area contributed by atoms with Gasteiger partial charge in [-0.1, -0.05) is 27.5 Å². The topological polar surface area (TPSA) is 39.2 Å². The lowest BCUT2D eigenvalue weighted by Crippen LogP contribution is -2.04. The van der Waals surface area contributed by atoms with Gasteiger partial charge in [-0.3, -0.25) is 4.98 Å². The van der Waals surface area contributed by atoms with Crippen molar-refractivity contribution in [1.82, 2.24) is 4.98 Å². The zero-order valence-electron chi connectivity index (χ0n) is 9.00. The van der Waals surface area contributed by atoms with Gasteiger partial charge in [0.15, 0.2) is 0 Å². The molecule has 0 radical (unpaired) electrons. The minimum absolute atomic E-state index is 0.347. The Morgan fingerprint density at radius 2 is 2.35 bits per heavy atom. The van der Waals surface area contributed by atoms with Gasteiger partial charge in [0.25, 0.3) is 0 Å². The van der Waals surface area contributed by atoms with Crippen LogP contribution in [0.4, 0.5) is 0 Å². The van der Waals surface area contributed by atoms with Gasteiger partial charge >= 0.3 is 5.97 Å². The average molecular weight is 335 g/mol. The van der Waals surface area contributed by atoms with Crippen LogP contribution in [0.1, 0.15) is 22.2 Å². The number of rotatable bonds is 3. The normalized spacial score (nSPS) is 10.8. The second-order valence-electron chi connectivity index (χ2n) is 3.26. The molecule has 0 saturated carbocycles. The van der Waals surface area contributed by atoms with Crippen molar-refractivity contribution < 1.29 is 9.53 Å². The Hall–Kier alpha value is -0.650. The number of hydrogen-bond donors (Lipinski definition) is 0. The molecule has 0 spiro atoms. The van der Waals surface area contributed by atoms with Gasteiger partial charge in [-0.2, -0.15) is 0 Å². The number of esters is 1. The summed E-state index contributed by atoms with van der Waals surface area (Å²) in [6, 6.07) is 0. The number of fused-ring (bicyclic) bond motifs is 1. The van der Waals surface area contributed by atoms with E-state index in [0.717, 1.165) is 15.0 Å². The van der Waals surface area contributed by atoms with Crippen LogP contribution in [-0.2, 0) is 10.1 Å². The maximum Gasteiger partial charge on any atom is 0.341 e. The van der Waals surface area contributed by atoms with Crippen LogP contribution in [0.15, 0.2) is 12.4 Å². The summed E-state index contributed by atoms with van der Waals surface area (Å²) < 4.78 is 5.82. The van der Waals surface area contributed by atoms with Crippen LogP contribution in [0.25, 0.3) is 10.1 Å². The van der Waals surface area contributed by atoms with E-state index in [1.165, 1.54) is 17.5 Å². The van der Waals surface area contributed by atoms with Gasteiger partial charge in [0.05, 0.1) is 21.9 Å². The Bertz CT molecular complexity index is 570. The first-order valence-corrected chi connectivity index (χ1v) is 7.28. The quantitative estimate of drug-likeness (QED) is 0.628. The molecule has 0 aliphatic carbocycles. The van der Waals surface area contributed by atoms with E-state index in [1.54, 1.807) is 13.1 Å². The Balaban J connectivity index is 2.61. The zero-order valence-corrected chi connectivity index (χ0v) is 12.2. The highest BCUT2D eigenvalue weighted by molar-refractivity contribution is 9.08. The van der Waals surface area contributed by atoms with Crippen LogP contribution >= 0.6 is 38.9 Å². The summed E-state index contributed by atoms with van der Waals surface area (Å²) in [6.45, 7) is 2.12. The van der Waals surface area contributed by atoms with Crippen LogP contribution in [0.3, 0.4) is 0 Å². The Kier molecular flexibility index (Phi) is 4.01. The van der Waals surface area contributed by atoms with Gasteiger partial charge in [-0.25, -0.2) is 4.79 Å². The summed E-state index contributed by atoms with van der Waals surface area (Å²) in [7, 11) is 0. The van der Waals surface area contributed by atoms with Crippen molar-refractivity contribution in [3.63, 3.8) is 0 Å². The molecular formula is C11H9BrClNO2S. The molecule has 0 aliphatic rings. The molecule has 2 aromatic heterocycles. The molecule has 2 aromatic rings. The third-order valence-corrected chi connectivity index (χ3v) is 4.93. The molecule has 0 fully saturated rings. The number of aromatic nitrogens is 1. The highest BCUT2D eigenvalue weighted by Crippen LogP contribution is 2.37. The SMILES string of the molecule is CCOC(=O)c1cncc2c(Cl)c(CBr)sc12. The number of halogens is 2. The van der Waals surface area contributed by atoms with Gasteiger partial charge in [0.1, 0.15) is 0 Å². The molecule has 0 unspecified atom stereocenters. The Morgan fingerprint density at radius 1 is 1.59 bits per heavy atom. The molecule has 2 rings (SSSR count). The first-order valence-electron chi connectivity index (χ1n) is 4.97. The van der Waals surface area contributed by atoms with Crippen molar-refractivity contribution in [2.24, 2.45) is 0 Å². The van der Waals surface area contributed by atoms with E-state index < -0.39 is 0 Å². The zero-order chi connectivity index (χ0) is 12.4. The second-order valence-corrected chi connectivity index (χ2v) is 5.30. The fourth-order valence-electron chi connectivity index (χ4n) is 1.47. The molecule has 0 bridgehead atoms. The predicted octanol–water partition coefficient (Wildman–Crippen LogP) is 4.02. The van der Waals surface area contributed by atoms with Gasteiger partial charge in [0.2, 0.25) is 0 Å². The molecule has 0 amide bonds. The standard InChI is InChI=1S/C11H9BrClNO2S/c1-2-16-11(15)7-5-14-4-6-9(13)8(3-12)17-10(6)7/h4-5H,2-3H2,1H3. The van der Waals surface area contributed by atoms with E-state index in [4.69, 9.17) is 16.3 Å². The molecular weight excluding hydrogens is 326 g/mol. The van der Waals surface area contributed by atoms with Crippen LogP contribution in [0.2, 0.25) is 5.02 Å². The van der Waals surface area contributed by atoms with Crippen LogP contribution < -0.4 is 0 Å². The van der Waals surface area contributed by atoms with E-state index in [2.05, 4.69) is 20.9 Å². The summed E-state index contributed by atoms with van der Waals surface area (Å²) in [4.78, 5) is 16.8. The molecule has 6 heteroatoms. The lowest BCUT2D eigenvalue weighted by molar-refractivity contribution is 0.0528. The van der Waals surface area contributed by atoms with Crippen molar-refractivity contribution in [3.8, 4) is 0 Å².